The van der Waals surface area contributed by atoms with Gasteiger partial charge >= 0.3 is 0 Å². The monoisotopic (exact) mass is 669 g/mol. The van der Waals surface area contributed by atoms with E-state index in [1.54, 1.807) is 0 Å². The summed E-state index contributed by atoms with van der Waals surface area (Å²) in [5.41, 5.74) is 25.3. The number of para-hydroxylation sites is 1. The van der Waals surface area contributed by atoms with Gasteiger partial charge in [0.25, 0.3) is 0 Å². The van der Waals surface area contributed by atoms with Gasteiger partial charge in [0, 0.05) is 33.5 Å². The van der Waals surface area contributed by atoms with E-state index in [1.165, 1.54) is 16.7 Å². The topological polar surface area (TPSA) is 75.5 Å². The Balaban J connectivity index is 1.37. The standard InChI is InChI=1S/C47H35N5/c1-28-8-14-31(15-9-28)44-36-20-22-38(49-36)45(32-16-10-29(2)11-17-32)40-24-26-42(51-40)47(34-6-4-5-7-35(34)48)43-27-25-41(52-43)46(39-23-21-37(44)50-39)33-18-12-30(3)13-19-33/h4-27H,48H2,1-3H3. The third-order valence-electron chi connectivity index (χ3n) is 9.86. The van der Waals surface area contributed by atoms with Gasteiger partial charge < -0.3 is 5.73 Å². The Morgan fingerprint density at radius 1 is 0.346 bits per heavy atom. The summed E-state index contributed by atoms with van der Waals surface area (Å²) in [6, 6.07) is 33.6. The molecular formula is C47H35N5. The summed E-state index contributed by atoms with van der Waals surface area (Å²) >= 11 is 0. The highest BCUT2D eigenvalue weighted by molar-refractivity contribution is 6.39. The molecule has 0 spiro atoms. The van der Waals surface area contributed by atoms with E-state index in [0.717, 1.165) is 90.2 Å². The maximum atomic E-state index is 6.68. The molecule has 0 atom stereocenters. The minimum absolute atomic E-state index is 0.662. The first-order valence-electron chi connectivity index (χ1n) is 17.5. The molecule has 0 fully saturated rings. The fourth-order valence-electron chi connectivity index (χ4n) is 7.14. The van der Waals surface area contributed by atoms with Crippen molar-refractivity contribution in [2.24, 2.45) is 20.0 Å². The van der Waals surface area contributed by atoms with E-state index in [0.29, 0.717) is 5.69 Å². The van der Waals surface area contributed by atoms with Gasteiger partial charge in [0.15, 0.2) is 0 Å². The Labute approximate surface area is 303 Å². The Hall–Kier alpha value is -6.72. The molecule has 0 unspecified atom stereocenters. The van der Waals surface area contributed by atoms with E-state index < -0.39 is 0 Å². The number of anilines is 1. The van der Waals surface area contributed by atoms with Gasteiger partial charge in [0.05, 0.1) is 45.6 Å². The molecule has 5 heteroatoms. The lowest BCUT2D eigenvalue weighted by molar-refractivity contribution is 1.39. The molecule has 0 saturated heterocycles. The molecule has 9 rings (SSSR count). The van der Waals surface area contributed by atoms with Crippen LogP contribution < -0.4 is 5.73 Å². The summed E-state index contributed by atoms with van der Waals surface area (Å²) < 4.78 is 0. The molecule has 5 aliphatic rings. The number of aliphatic imine (C=N–C) groups is 4. The Kier molecular flexibility index (Phi) is 7.55. The van der Waals surface area contributed by atoms with Gasteiger partial charge in [-0.1, -0.05) is 108 Å². The molecule has 4 aromatic carbocycles. The predicted octanol–water partition coefficient (Wildman–Crippen LogP) is 10.2. The van der Waals surface area contributed by atoms with Crippen molar-refractivity contribution in [3.05, 3.63) is 207 Å². The van der Waals surface area contributed by atoms with Crippen LogP contribution in [0, 0.1) is 20.8 Å². The summed E-state index contributed by atoms with van der Waals surface area (Å²) in [6.45, 7) is 6.31. The molecule has 0 aromatic heterocycles. The van der Waals surface area contributed by atoms with Crippen molar-refractivity contribution in [1.29, 1.82) is 0 Å². The second-order valence-electron chi connectivity index (χ2n) is 13.5. The normalized spacial score (nSPS) is 17.4. The van der Waals surface area contributed by atoms with Crippen LogP contribution in [0.1, 0.15) is 38.9 Å². The minimum Gasteiger partial charge on any atom is -0.398 e. The largest absolute Gasteiger partial charge is 0.398 e. The lowest BCUT2D eigenvalue weighted by atomic mass is 9.97. The average Bonchev–Trinajstić information content (AvgIpc) is 3.99. The number of fused-ring (bicyclic) bond motifs is 4. The summed E-state index contributed by atoms with van der Waals surface area (Å²) in [7, 11) is 0. The maximum absolute atomic E-state index is 6.68. The first-order valence-corrected chi connectivity index (χ1v) is 17.5. The van der Waals surface area contributed by atoms with Crippen molar-refractivity contribution in [3.8, 4) is 0 Å². The van der Waals surface area contributed by atoms with Crippen LogP contribution in [-0.2, 0) is 0 Å². The molecule has 2 N–H and O–H groups in total. The highest BCUT2D eigenvalue weighted by Gasteiger charge is 2.28. The zero-order chi connectivity index (χ0) is 35.3. The highest BCUT2D eigenvalue weighted by atomic mass is 14.9. The van der Waals surface area contributed by atoms with Gasteiger partial charge in [-0.15, -0.1) is 0 Å². The van der Waals surface area contributed by atoms with Crippen LogP contribution in [0.25, 0.3) is 22.3 Å². The molecule has 0 saturated carbocycles. The SMILES string of the molecule is Cc1ccc(C2=C3C=CC(=N3)C(c3ccc(C)cc3)=C3C=CC(=N3)C(c3ccccc3N)=C3C=CC(=N3)C(c3ccc(C)cc3)=C3C=CC2=N3)cc1. The fourth-order valence-corrected chi connectivity index (χ4v) is 7.14. The van der Waals surface area contributed by atoms with Gasteiger partial charge in [-0.05, 0) is 92.1 Å². The zero-order valence-electron chi connectivity index (χ0n) is 29.2. The Bertz CT molecular complexity index is 2540. The van der Waals surface area contributed by atoms with Crippen molar-refractivity contribution < 1.29 is 0 Å². The predicted molar refractivity (Wildman–Crippen MR) is 218 cm³/mol. The third-order valence-corrected chi connectivity index (χ3v) is 9.86. The number of rotatable bonds is 4. The van der Waals surface area contributed by atoms with Gasteiger partial charge in [0.1, 0.15) is 0 Å². The molecule has 0 aliphatic carbocycles. The molecule has 5 nitrogen and oxygen atoms in total. The van der Waals surface area contributed by atoms with Crippen molar-refractivity contribution in [2.45, 2.75) is 20.8 Å². The number of nitrogen functional groups attached to an aromatic ring is 1. The maximum Gasteiger partial charge on any atom is 0.0738 e. The number of hydrogen-bond acceptors (Lipinski definition) is 5. The quantitative estimate of drug-likeness (QED) is 0.216. The van der Waals surface area contributed by atoms with Crippen molar-refractivity contribution in [2.75, 3.05) is 5.73 Å². The van der Waals surface area contributed by atoms with E-state index in [-0.39, 0.29) is 0 Å². The van der Waals surface area contributed by atoms with E-state index >= 15 is 0 Å². The van der Waals surface area contributed by atoms with E-state index in [1.807, 2.05) is 24.3 Å². The number of allylic oxidation sites excluding steroid dienone is 12. The van der Waals surface area contributed by atoms with Gasteiger partial charge in [-0.2, -0.15) is 0 Å². The Morgan fingerprint density at radius 3 is 1.00 bits per heavy atom. The molecule has 5 heterocycles. The van der Waals surface area contributed by atoms with Crippen LogP contribution in [0.2, 0.25) is 0 Å². The fraction of sp³-hybridized carbons (Fsp3) is 0.0638. The Morgan fingerprint density at radius 2 is 0.654 bits per heavy atom. The van der Waals surface area contributed by atoms with E-state index in [9.17, 15) is 0 Å². The first kappa shape index (κ1) is 31.3. The summed E-state index contributed by atoms with van der Waals surface area (Å²) in [4.78, 5) is 21.4. The molecule has 0 radical (unpaired) electrons. The van der Waals surface area contributed by atoms with Crippen molar-refractivity contribution in [3.63, 3.8) is 0 Å². The van der Waals surface area contributed by atoms with Crippen LogP contribution >= 0.6 is 0 Å². The molecule has 52 heavy (non-hydrogen) atoms. The van der Waals surface area contributed by atoms with Crippen LogP contribution in [0.3, 0.4) is 0 Å². The van der Waals surface area contributed by atoms with Gasteiger partial charge in [-0.3, -0.25) is 0 Å². The summed E-state index contributed by atoms with van der Waals surface area (Å²) in [5, 5.41) is 0. The smallest absolute Gasteiger partial charge is 0.0738 e. The molecule has 4 aromatic rings. The minimum atomic E-state index is 0.662. The number of nitrogens with zero attached hydrogens (tertiary/aromatic N) is 4. The lowest BCUT2D eigenvalue weighted by Crippen LogP contribution is -2.05. The zero-order valence-corrected chi connectivity index (χ0v) is 29.2. The lowest BCUT2D eigenvalue weighted by Gasteiger charge is -2.13. The van der Waals surface area contributed by atoms with E-state index in [4.69, 9.17) is 25.7 Å². The number of hydrogen-bond donors (Lipinski definition) is 1. The van der Waals surface area contributed by atoms with Crippen molar-refractivity contribution >= 4 is 50.8 Å². The van der Waals surface area contributed by atoms with Crippen LogP contribution in [0.5, 0.6) is 0 Å². The molecule has 0 amide bonds. The van der Waals surface area contributed by atoms with Crippen LogP contribution in [-0.4, -0.2) is 22.8 Å². The first-order chi connectivity index (χ1) is 25.4. The average molecular weight is 670 g/mol. The molecular weight excluding hydrogens is 635 g/mol. The highest BCUT2D eigenvalue weighted by Crippen LogP contribution is 2.39. The van der Waals surface area contributed by atoms with Crippen molar-refractivity contribution in [1.82, 2.24) is 0 Å². The molecule has 248 valence electrons. The third kappa shape index (κ3) is 5.53. The van der Waals surface area contributed by atoms with Crippen LogP contribution in [0.15, 0.2) is 188 Å². The summed E-state index contributed by atoms with van der Waals surface area (Å²) in [6.07, 6.45) is 16.7. The number of nitrogens with two attached hydrogens (primary N) is 1. The molecule has 8 bridgehead atoms. The number of benzene rings is 4. The second-order valence-corrected chi connectivity index (χ2v) is 13.5. The summed E-state index contributed by atoms with van der Waals surface area (Å²) in [5.74, 6) is 0. The van der Waals surface area contributed by atoms with Gasteiger partial charge in [0.2, 0.25) is 0 Å². The van der Waals surface area contributed by atoms with E-state index in [2.05, 4.69) is 142 Å². The van der Waals surface area contributed by atoms with Crippen LogP contribution in [0.4, 0.5) is 5.69 Å². The number of aryl methyl sites for hydroxylation is 3. The van der Waals surface area contributed by atoms with Gasteiger partial charge in [-0.25, -0.2) is 20.0 Å². The molecule has 5 aliphatic heterocycles. The second kappa shape index (κ2) is 12.6.